The minimum atomic E-state index is -0.422. The normalized spacial score (nSPS) is 11.3. The molecule has 7 heteroatoms. The van der Waals surface area contributed by atoms with Gasteiger partial charge >= 0.3 is 5.97 Å². The second-order valence-corrected chi connectivity index (χ2v) is 7.23. The summed E-state index contributed by atoms with van der Waals surface area (Å²) in [5, 5.41) is 0. The van der Waals surface area contributed by atoms with Crippen molar-refractivity contribution in [2.45, 2.75) is 34.2 Å². The molecule has 0 bridgehead atoms. The molecule has 126 valence electrons. The van der Waals surface area contributed by atoms with Crippen molar-refractivity contribution in [3.05, 3.63) is 43.3 Å². The van der Waals surface area contributed by atoms with Gasteiger partial charge < -0.3 is 9.14 Å². The van der Waals surface area contributed by atoms with E-state index in [-0.39, 0.29) is 12.2 Å². The molecule has 0 spiro atoms. The van der Waals surface area contributed by atoms with Crippen molar-refractivity contribution in [2.24, 2.45) is 0 Å². The standard InChI is InChI=1S/C17H18N2O3S2/c1-5-18-15(20)13-14(24-17(18)23)12(16(21)22-6-2)11-8-9(3)7-10(4)19(11)13/h7-8H,5-6H2,1-4H3. The van der Waals surface area contributed by atoms with Gasteiger partial charge in [0, 0.05) is 12.2 Å². The Bertz CT molecular complexity index is 1090. The van der Waals surface area contributed by atoms with Crippen LogP contribution in [0.1, 0.15) is 35.5 Å². The number of fused-ring (bicyclic) bond motifs is 3. The van der Waals surface area contributed by atoms with E-state index < -0.39 is 5.97 Å². The largest absolute Gasteiger partial charge is 0.462 e. The Labute approximate surface area is 148 Å². The van der Waals surface area contributed by atoms with Crippen LogP contribution in [0.25, 0.3) is 15.7 Å². The first-order valence-electron chi connectivity index (χ1n) is 7.77. The molecule has 0 amide bonds. The van der Waals surface area contributed by atoms with Crippen molar-refractivity contribution in [3.63, 3.8) is 0 Å². The second-order valence-electron chi connectivity index (χ2n) is 5.59. The smallest absolute Gasteiger partial charge is 0.341 e. The van der Waals surface area contributed by atoms with Gasteiger partial charge in [0.1, 0.15) is 11.1 Å². The number of carbonyl (C=O) groups is 1. The predicted octanol–water partition coefficient (Wildman–Crippen LogP) is 3.86. The summed E-state index contributed by atoms with van der Waals surface area (Å²) in [6.07, 6.45) is 0. The molecule has 0 N–H and O–H groups in total. The van der Waals surface area contributed by atoms with Crippen LogP contribution in [0, 0.1) is 17.8 Å². The zero-order chi connectivity index (χ0) is 17.6. The number of aryl methyl sites for hydroxylation is 2. The Morgan fingerprint density at radius 3 is 2.62 bits per heavy atom. The fourth-order valence-corrected chi connectivity index (χ4v) is 4.57. The fourth-order valence-electron chi connectivity index (χ4n) is 3.04. The summed E-state index contributed by atoms with van der Waals surface area (Å²) in [5.74, 6) is -0.422. The number of hydrogen-bond acceptors (Lipinski definition) is 5. The molecule has 0 saturated carbocycles. The zero-order valence-corrected chi connectivity index (χ0v) is 15.6. The molecule has 0 unspecified atom stereocenters. The summed E-state index contributed by atoms with van der Waals surface area (Å²) in [6, 6.07) is 3.90. The van der Waals surface area contributed by atoms with E-state index in [2.05, 4.69) is 0 Å². The number of rotatable bonds is 3. The van der Waals surface area contributed by atoms with E-state index in [4.69, 9.17) is 17.0 Å². The lowest BCUT2D eigenvalue weighted by atomic mass is 10.2. The topological polar surface area (TPSA) is 52.7 Å². The maximum Gasteiger partial charge on any atom is 0.341 e. The molecule has 3 aromatic heterocycles. The summed E-state index contributed by atoms with van der Waals surface area (Å²) in [5.41, 5.74) is 3.36. The van der Waals surface area contributed by atoms with Crippen LogP contribution in [0.2, 0.25) is 0 Å². The quantitative estimate of drug-likeness (QED) is 0.524. The molecule has 0 aromatic carbocycles. The molecule has 0 aliphatic rings. The Hall–Kier alpha value is -1.99. The van der Waals surface area contributed by atoms with E-state index in [1.54, 1.807) is 11.5 Å². The Kier molecular flexibility index (Phi) is 4.31. The zero-order valence-electron chi connectivity index (χ0n) is 14.0. The van der Waals surface area contributed by atoms with Crippen molar-refractivity contribution < 1.29 is 9.53 Å². The molecule has 0 saturated heterocycles. The summed E-state index contributed by atoms with van der Waals surface area (Å²) in [7, 11) is 0. The molecule has 3 rings (SSSR count). The third-order valence-corrected chi connectivity index (χ3v) is 5.44. The highest BCUT2D eigenvalue weighted by Gasteiger charge is 2.24. The number of nitrogens with zero attached hydrogens (tertiary/aromatic N) is 2. The molecule has 5 nitrogen and oxygen atoms in total. The van der Waals surface area contributed by atoms with Crippen LogP contribution < -0.4 is 5.56 Å². The molecule has 0 aliphatic carbocycles. The van der Waals surface area contributed by atoms with E-state index in [0.29, 0.717) is 31.8 Å². The number of hydrogen-bond donors (Lipinski definition) is 0. The van der Waals surface area contributed by atoms with Crippen LogP contribution in [0.4, 0.5) is 0 Å². The van der Waals surface area contributed by atoms with Gasteiger partial charge in [-0.25, -0.2) is 4.79 Å². The van der Waals surface area contributed by atoms with Crippen molar-refractivity contribution >= 4 is 45.3 Å². The van der Waals surface area contributed by atoms with E-state index in [9.17, 15) is 9.59 Å². The van der Waals surface area contributed by atoms with Crippen LogP contribution in [0.15, 0.2) is 16.9 Å². The van der Waals surface area contributed by atoms with Crippen molar-refractivity contribution in [3.8, 4) is 0 Å². The molecule has 0 aliphatic heterocycles. The van der Waals surface area contributed by atoms with Gasteiger partial charge in [-0.15, -0.1) is 11.3 Å². The van der Waals surface area contributed by atoms with Crippen molar-refractivity contribution in [1.29, 1.82) is 0 Å². The third-order valence-electron chi connectivity index (χ3n) is 3.97. The number of pyridine rings is 1. The fraction of sp³-hybridized carbons (Fsp3) is 0.353. The number of ether oxygens (including phenoxy) is 1. The highest BCUT2D eigenvalue weighted by atomic mass is 32.1. The third kappa shape index (κ3) is 2.39. The van der Waals surface area contributed by atoms with Gasteiger partial charge in [-0.1, -0.05) is 0 Å². The van der Waals surface area contributed by atoms with Crippen LogP contribution in [-0.2, 0) is 11.3 Å². The summed E-state index contributed by atoms with van der Waals surface area (Å²) in [6.45, 7) is 8.31. The minimum absolute atomic E-state index is 0.172. The van der Waals surface area contributed by atoms with E-state index in [1.165, 1.54) is 11.3 Å². The first-order valence-corrected chi connectivity index (χ1v) is 8.99. The molecule has 0 radical (unpaired) electrons. The first kappa shape index (κ1) is 16.9. The monoisotopic (exact) mass is 362 g/mol. The van der Waals surface area contributed by atoms with Crippen molar-refractivity contribution in [1.82, 2.24) is 8.97 Å². The SMILES string of the molecule is CCOC(=O)c1c2sc(=S)n(CC)c(=O)c2n2c(C)cc(C)cc12. The van der Waals surface area contributed by atoms with Crippen LogP contribution >= 0.6 is 23.6 Å². The minimum Gasteiger partial charge on any atom is -0.462 e. The number of aromatic nitrogens is 2. The second kappa shape index (κ2) is 6.14. The highest BCUT2D eigenvalue weighted by Crippen LogP contribution is 2.31. The number of esters is 1. The summed E-state index contributed by atoms with van der Waals surface area (Å²) in [4.78, 5) is 25.5. The van der Waals surface area contributed by atoms with Crippen molar-refractivity contribution in [2.75, 3.05) is 6.61 Å². The molecular weight excluding hydrogens is 344 g/mol. The van der Waals surface area contributed by atoms with Gasteiger partial charge in [-0.3, -0.25) is 9.36 Å². The Balaban J connectivity index is 2.64. The maximum atomic E-state index is 13.0. The van der Waals surface area contributed by atoms with Gasteiger partial charge in [-0.05, 0) is 57.6 Å². The van der Waals surface area contributed by atoms with Gasteiger partial charge in [0.15, 0.2) is 3.95 Å². The van der Waals surface area contributed by atoms with Gasteiger partial charge in [0.25, 0.3) is 5.56 Å². The molecule has 0 atom stereocenters. The lowest BCUT2D eigenvalue weighted by molar-refractivity contribution is 0.0531. The Morgan fingerprint density at radius 2 is 2.00 bits per heavy atom. The van der Waals surface area contributed by atoms with E-state index >= 15 is 0 Å². The highest BCUT2D eigenvalue weighted by molar-refractivity contribution is 7.73. The summed E-state index contributed by atoms with van der Waals surface area (Å²) < 4.78 is 9.69. The lowest BCUT2D eigenvalue weighted by Gasteiger charge is -2.06. The lowest BCUT2D eigenvalue weighted by Crippen LogP contribution is -2.20. The van der Waals surface area contributed by atoms with Crippen LogP contribution in [-0.4, -0.2) is 21.5 Å². The van der Waals surface area contributed by atoms with Gasteiger partial charge in [0.05, 0.1) is 16.8 Å². The summed E-state index contributed by atoms with van der Waals surface area (Å²) >= 11 is 6.64. The molecule has 0 fully saturated rings. The van der Waals surface area contributed by atoms with Gasteiger partial charge in [0.2, 0.25) is 0 Å². The van der Waals surface area contributed by atoms with E-state index in [0.717, 1.165) is 11.3 Å². The van der Waals surface area contributed by atoms with Crippen LogP contribution in [0.5, 0.6) is 0 Å². The maximum absolute atomic E-state index is 13.0. The average molecular weight is 362 g/mol. The Morgan fingerprint density at radius 1 is 1.29 bits per heavy atom. The molecule has 3 heterocycles. The molecular formula is C17H18N2O3S2. The molecule has 24 heavy (non-hydrogen) atoms. The van der Waals surface area contributed by atoms with Crippen LogP contribution in [0.3, 0.4) is 0 Å². The molecule has 3 aromatic rings. The average Bonchev–Trinajstić information content (AvgIpc) is 2.82. The first-order chi connectivity index (χ1) is 11.4. The number of carbonyl (C=O) groups excluding carboxylic acids is 1. The predicted molar refractivity (Wildman–Crippen MR) is 99.0 cm³/mol. The van der Waals surface area contributed by atoms with Gasteiger partial charge in [-0.2, -0.15) is 0 Å². The van der Waals surface area contributed by atoms with E-state index in [1.807, 2.05) is 37.3 Å².